The maximum absolute atomic E-state index is 11.7. The third kappa shape index (κ3) is 3.19. The molecule has 1 aromatic heterocycles. The van der Waals surface area contributed by atoms with E-state index in [9.17, 15) is 4.79 Å². The predicted molar refractivity (Wildman–Crippen MR) is 73.9 cm³/mol. The minimum absolute atomic E-state index is 0.0634. The summed E-state index contributed by atoms with van der Waals surface area (Å²) in [6.45, 7) is 2.14. The molecule has 20 heavy (non-hydrogen) atoms. The second-order valence-corrected chi connectivity index (χ2v) is 5.75. The zero-order chi connectivity index (χ0) is 13.9. The molecule has 1 saturated carbocycles. The van der Waals surface area contributed by atoms with E-state index < -0.39 is 0 Å². The number of imidazole rings is 1. The van der Waals surface area contributed by atoms with Crippen LogP contribution in [0.25, 0.3) is 0 Å². The van der Waals surface area contributed by atoms with Crippen LogP contribution in [0.1, 0.15) is 37.4 Å². The van der Waals surface area contributed by atoms with E-state index in [2.05, 4.69) is 10.3 Å². The number of aryl methyl sites for hydroxylation is 1. The third-order valence-corrected chi connectivity index (χ3v) is 4.08. The van der Waals surface area contributed by atoms with Crippen LogP contribution in [0.2, 0.25) is 0 Å². The van der Waals surface area contributed by atoms with Crippen molar-refractivity contribution >= 4 is 5.91 Å². The molecule has 1 amide bonds. The van der Waals surface area contributed by atoms with Crippen LogP contribution in [0, 0.1) is 5.92 Å². The van der Waals surface area contributed by atoms with Gasteiger partial charge < -0.3 is 20.4 Å². The fourth-order valence-electron chi connectivity index (χ4n) is 2.62. The Hall–Kier alpha value is -1.40. The first kappa shape index (κ1) is 13.6. The molecule has 2 fully saturated rings. The number of carbonyl (C=O) groups excluding carboxylic acids is 1. The maximum atomic E-state index is 11.7. The normalized spacial score (nSPS) is 23.8. The smallest absolute Gasteiger partial charge is 0.222 e. The van der Waals surface area contributed by atoms with Crippen LogP contribution in [-0.4, -0.2) is 34.7 Å². The number of aromatic nitrogens is 2. The van der Waals surface area contributed by atoms with E-state index in [1.165, 1.54) is 0 Å². The summed E-state index contributed by atoms with van der Waals surface area (Å²) in [7, 11) is 0. The SMILES string of the molecule is NC(c1cncn1CCC(=O)NC1CC1)C1CCOC1. The van der Waals surface area contributed by atoms with Gasteiger partial charge in [-0.2, -0.15) is 0 Å². The summed E-state index contributed by atoms with van der Waals surface area (Å²) < 4.78 is 7.39. The van der Waals surface area contributed by atoms with E-state index in [0.29, 0.717) is 31.5 Å². The molecule has 0 radical (unpaired) electrons. The number of nitrogens with one attached hydrogen (secondary N) is 1. The Morgan fingerprint density at radius 3 is 3.10 bits per heavy atom. The number of amides is 1. The first-order valence-corrected chi connectivity index (χ1v) is 7.37. The number of ether oxygens (including phenoxy) is 1. The summed E-state index contributed by atoms with van der Waals surface area (Å²) >= 11 is 0. The Labute approximate surface area is 118 Å². The molecule has 0 aromatic carbocycles. The van der Waals surface area contributed by atoms with Gasteiger partial charge in [-0.05, 0) is 19.3 Å². The highest BCUT2D eigenvalue weighted by Crippen LogP contribution is 2.26. The van der Waals surface area contributed by atoms with E-state index in [0.717, 1.165) is 31.6 Å². The lowest BCUT2D eigenvalue weighted by molar-refractivity contribution is -0.121. The second kappa shape index (κ2) is 5.93. The fourth-order valence-corrected chi connectivity index (χ4v) is 2.62. The average molecular weight is 278 g/mol. The molecule has 1 aliphatic carbocycles. The van der Waals surface area contributed by atoms with E-state index >= 15 is 0 Å². The van der Waals surface area contributed by atoms with Crippen molar-refractivity contribution in [3.8, 4) is 0 Å². The summed E-state index contributed by atoms with van der Waals surface area (Å²) in [5.41, 5.74) is 7.30. The molecule has 2 aliphatic rings. The number of rotatable bonds is 6. The van der Waals surface area contributed by atoms with Gasteiger partial charge in [-0.25, -0.2) is 4.98 Å². The lowest BCUT2D eigenvalue weighted by Crippen LogP contribution is -2.28. The van der Waals surface area contributed by atoms with E-state index in [4.69, 9.17) is 10.5 Å². The van der Waals surface area contributed by atoms with Crippen LogP contribution in [0.5, 0.6) is 0 Å². The molecule has 0 spiro atoms. The number of nitrogens with two attached hydrogens (primary N) is 1. The standard InChI is InChI=1S/C14H22N4O2/c15-14(10-4-6-20-8-10)12-7-16-9-18(12)5-3-13(19)17-11-1-2-11/h7,9-11,14H,1-6,8,15H2,(H,17,19). The van der Waals surface area contributed by atoms with Crippen LogP contribution in [0.15, 0.2) is 12.5 Å². The molecule has 1 aliphatic heterocycles. The summed E-state index contributed by atoms with van der Waals surface area (Å²) in [4.78, 5) is 15.9. The molecule has 1 saturated heterocycles. The molecule has 2 atom stereocenters. The molecule has 110 valence electrons. The summed E-state index contributed by atoms with van der Waals surface area (Å²) in [5.74, 6) is 0.468. The number of hydrogen-bond donors (Lipinski definition) is 2. The van der Waals surface area contributed by atoms with Gasteiger partial charge in [0.1, 0.15) is 0 Å². The monoisotopic (exact) mass is 278 g/mol. The molecule has 2 heterocycles. The highest BCUT2D eigenvalue weighted by atomic mass is 16.5. The van der Waals surface area contributed by atoms with Crippen molar-refractivity contribution in [3.63, 3.8) is 0 Å². The number of hydrogen-bond acceptors (Lipinski definition) is 4. The quantitative estimate of drug-likeness (QED) is 0.798. The van der Waals surface area contributed by atoms with Gasteiger partial charge in [-0.1, -0.05) is 0 Å². The molecule has 6 nitrogen and oxygen atoms in total. The molecule has 3 rings (SSSR count). The van der Waals surface area contributed by atoms with Crippen molar-refractivity contribution in [2.45, 2.75) is 44.3 Å². The Balaban J connectivity index is 1.56. The first-order valence-electron chi connectivity index (χ1n) is 7.37. The minimum atomic E-state index is -0.0634. The van der Waals surface area contributed by atoms with Crippen molar-refractivity contribution in [1.29, 1.82) is 0 Å². The van der Waals surface area contributed by atoms with Gasteiger partial charge in [0.2, 0.25) is 5.91 Å². The van der Waals surface area contributed by atoms with Crippen molar-refractivity contribution < 1.29 is 9.53 Å². The summed E-state index contributed by atoms with van der Waals surface area (Å²) in [5, 5.41) is 3.00. The predicted octanol–water partition coefficient (Wildman–Crippen LogP) is 0.588. The van der Waals surface area contributed by atoms with Crippen molar-refractivity contribution in [2.24, 2.45) is 11.7 Å². The van der Waals surface area contributed by atoms with E-state index in [1.54, 1.807) is 6.33 Å². The molecule has 3 N–H and O–H groups in total. The van der Waals surface area contributed by atoms with Crippen LogP contribution in [0.3, 0.4) is 0 Å². The lowest BCUT2D eigenvalue weighted by Gasteiger charge is -2.19. The minimum Gasteiger partial charge on any atom is -0.381 e. The van der Waals surface area contributed by atoms with Crippen molar-refractivity contribution in [3.05, 3.63) is 18.2 Å². The zero-order valence-electron chi connectivity index (χ0n) is 11.6. The second-order valence-electron chi connectivity index (χ2n) is 5.75. The van der Waals surface area contributed by atoms with Gasteiger partial charge in [0.05, 0.1) is 24.7 Å². The molecule has 0 bridgehead atoms. The van der Waals surface area contributed by atoms with Crippen LogP contribution < -0.4 is 11.1 Å². The van der Waals surface area contributed by atoms with E-state index in [-0.39, 0.29) is 11.9 Å². The Morgan fingerprint density at radius 2 is 2.40 bits per heavy atom. The number of nitrogens with zero attached hydrogens (tertiary/aromatic N) is 2. The highest BCUT2D eigenvalue weighted by molar-refractivity contribution is 5.76. The number of carbonyl (C=O) groups is 1. The first-order chi connectivity index (χ1) is 9.74. The Bertz CT molecular complexity index is 463. The topological polar surface area (TPSA) is 82.2 Å². The molecule has 6 heteroatoms. The maximum Gasteiger partial charge on any atom is 0.222 e. The summed E-state index contributed by atoms with van der Waals surface area (Å²) in [6, 6.07) is 0.356. The zero-order valence-corrected chi connectivity index (χ0v) is 11.6. The largest absolute Gasteiger partial charge is 0.381 e. The van der Waals surface area contributed by atoms with Crippen molar-refractivity contribution in [1.82, 2.24) is 14.9 Å². The van der Waals surface area contributed by atoms with E-state index in [1.807, 2.05) is 10.8 Å². The molecule has 2 unspecified atom stereocenters. The Kier molecular flexibility index (Phi) is 4.03. The summed E-state index contributed by atoms with van der Waals surface area (Å²) in [6.07, 6.45) is 7.28. The third-order valence-electron chi connectivity index (χ3n) is 4.08. The van der Waals surface area contributed by atoms with Crippen LogP contribution in [-0.2, 0) is 16.1 Å². The van der Waals surface area contributed by atoms with Gasteiger partial charge >= 0.3 is 0 Å². The molecule has 1 aromatic rings. The highest BCUT2D eigenvalue weighted by Gasteiger charge is 2.27. The van der Waals surface area contributed by atoms with Crippen LogP contribution >= 0.6 is 0 Å². The van der Waals surface area contributed by atoms with Gasteiger partial charge in [-0.3, -0.25) is 4.79 Å². The van der Waals surface area contributed by atoms with Crippen molar-refractivity contribution in [2.75, 3.05) is 13.2 Å². The lowest BCUT2D eigenvalue weighted by atomic mass is 9.97. The molecular formula is C14H22N4O2. The fraction of sp³-hybridized carbons (Fsp3) is 0.714. The van der Waals surface area contributed by atoms with Gasteiger partial charge in [0, 0.05) is 37.7 Å². The Morgan fingerprint density at radius 1 is 1.55 bits per heavy atom. The van der Waals surface area contributed by atoms with Gasteiger partial charge in [0.15, 0.2) is 0 Å². The average Bonchev–Trinajstić information content (AvgIpc) is 2.98. The van der Waals surface area contributed by atoms with Crippen LogP contribution in [0.4, 0.5) is 0 Å². The molecular weight excluding hydrogens is 256 g/mol. The van der Waals surface area contributed by atoms with Gasteiger partial charge in [0.25, 0.3) is 0 Å². The van der Waals surface area contributed by atoms with Gasteiger partial charge in [-0.15, -0.1) is 0 Å².